The number of nitrogens with zero attached hydrogens (tertiary/aromatic N) is 2. The fourth-order valence-corrected chi connectivity index (χ4v) is 3.02. The molecule has 0 unspecified atom stereocenters. The van der Waals surface area contributed by atoms with E-state index in [4.69, 9.17) is 33.2 Å². The zero-order chi connectivity index (χ0) is 19.4. The maximum atomic E-state index is 12.1. The number of amides is 1. The van der Waals surface area contributed by atoms with Crippen LogP contribution in [0, 0.1) is 11.3 Å². The summed E-state index contributed by atoms with van der Waals surface area (Å²) in [7, 11) is 0. The first-order valence-electron chi connectivity index (χ1n) is 7.60. The van der Waals surface area contributed by atoms with Crippen LogP contribution < -0.4 is 10.1 Å². The summed E-state index contributed by atoms with van der Waals surface area (Å²) in [6.07, 6.45) is 1.42. The lowest BCUT2D eigenvalue weighted by molar-refractivity contribution is 0.0945. The molecular weight excluding hydrogens is 455 g/mol. The summed E-state index contributed by atoms with van der Waals surface area (Å²) in [5, 5.41) is 12.6. The number of hydrogen-bond donors (Lipinski definition) is 2. The SMILES string of the molecule is N#Cc1cc(Cl)cc(Oc2cc(CNC(=O)c3nc[nH]c3Br)ccc2Cl)c1. The van der Waals surface area contributed by atoms with E-state index in [0.717, 1.165) is 5.56 Å². The van der Waals surface area contributed by atoms with Crippen molar-refractivity contribution in [3.05, 3.63) is 74.2 Å². The standard InChI is InChI=1S/C18H11BrCl2N4O2/c19-17-16(24-9-25-17)18(26)23-8-10-1-2-14(21)15(5-10)27-13-4-11(7-22)3-12(20)6-13/h1-6,9H,8H2,(H,23,26)(H,24,25). The molecule has 6 nitrogen and oxygen atoms in total. The van der Waals surface area contributed by atoms with Gasteiger partial charge in [-0.25, -0.2) is 4.98 Å². The molecule has 2 aromatic carbocycles. The summed E-state index contributed by atoms with van der Waals surface area (Å²) >= 11 is 15.4. The molecule has 3 rings (SSSR count). The number of imidazole rings is 1. The summed E-state index contributed by atoms with van der Waals surface area (Å²) in [5.41, 5.74) is 1.42. The zero-order valence-electron chi connectivity index (χ0n) is 13.6. The minimum absolute atomic E-state index is 0.255. The predicted molar refractivity (Wildman–Crippen MR) is 105 cm³/mol. The smallest absolute Gasteiger partial charge is 0.272 e. The summed E-state index contributed by atoms with van der Waals surface area (Å²) in [6.45, 7) is 0.255. The minimum Gasteiger partial charge on any atom is -0.456 e. The maximum Gasteiger partial charge on any atom is 0.272 e. The third-order valence-corrected chi connectivity index (χ3v) is 4.62. The molecular formula is C18H11BrCl2N4O2. The number of nitriles is 1. The monoisotopic (exact) mass is 464 g/mol. The van der Waals surface area contributed by atoms with Crippen LogP contribution in [0.5, 0.6) is 11.5 Å². The molecule has 9 heteroatoms. The molecule has 0 atom stereocenters. The van der Waals surface area contributed by atoms with Gasteiger partial charge in [0.2, 0.25) is 0 Å². The van der Waals surface area contributed by atoms with Gasteiger partial charge in [-0.1, -0.05) is 29.3 Å². The van der Waals surface area contributed by atoms with Crippen molar-refractivity contribution in [3.8, 4) is 17.6 Å². The van der Waals surface area contributed by atoms with Crippen molar-refractivity contribution in [1.29, 1.82) is 5.26 Å². The van der Waals surface area contributed by atoms with Crippen LogP contribution in [-0.4, -0.2) is 15.9 Å². The van der Waals surface area contributed by atoms with Gasteiger partial charge in [-0.3, -0.25) is 4.79 Å². The topological polar surface area (TPSA) is 90.8 Å². The van der Waals surface area contributed by atoms with Gasteiger partial charge >= 0.3 is 0 Å². The van der Waals surface area contributed by atoms with Gasteiger partial charge in [0.1, 0.15) is 16.1 Å². The molecule has 0 bridgehead atoms. The molecule has 0 spiro atoms. The maximum absolute atomic E-state index is 12.1. The Morgan fingerprint density at radius 3 is 2.81 bits per heavy atom. The number of rotatable bonds is 5. The van der Waals surface area contributed by atoms with Gasteiger partial charge in [0.05, 0.1) is 23.0 Å². The van der Waals surface area contributed by atoms with Crippen molar-refractivity contribution >= 4 is 45.0 Å². The molecule has 1 heterocycles. The number of H-pyrrole nitrogens is 1. The summed E-state index contributed by atoms with van der Waals surface area (Å²) in [6, 6.07) is 11.8. The van der Waals surface area contributed by atoms with Gasteiger partial charge in [0.15, 0.2) is 5.69 Å². The highest BCUT2D eigenvalue weighted by atomic mass is 79.9. The van der Waals surface area contributed by atoms with Crippen molar-refractivity contribution in [2.75, 3.05) is 0 Å². The Labute approximate surface area is 173 Å². The number of halogens is 3. The molecule has 1 amide bonds. The average molecular weight is 466 g/mol. The van der Waals surface area contributed by atoms with Crippen LogP contribution in [0.4, 0.5) is 0 Å². The first-order chi connectivity index (χ1) is 13.0. The van der Waals surface area contributed by atoms with Crippen LogP contribution in [0.2, 0.25) is 10.0 Å². The Kier molecular flexibility index (Phi) is 6.01. The quantitative estimate of drug-likeness (QED) is 0.550. The second kappa shape index (κ2) is 8.44. The Bertz CT molecular complexity index is 1050. The average Bonchev–Trinajstić information content (AvgIpc) is 3.07. The molecule has 27 heavy (non-hydrogen) atoms. The van der Waals surface area contributed by atoms with Gasteiger partial charge < -0.3 is 15.0 Å². The Morgan fingerprint density at radius 2 is 2.11 bits per heavy atom. The molecule has 2 N–H and O–H groups in total. The number of nitrogens with one attached hydrogen (secondary N) is 2. The number of hydrogen-bond acceptors (Lipinski definition) is 4. The summed E-state index contributed by atoms with van der Waals surface area (Å²) in [4.78, 5) is 18.8. The van der Waals surface area contributed by atoms with Gasteiger partial charge in [0.25, 0.3) is 5.91 Å². The normalized spacial score (nSPS) is 10.3. The second-order valence-corrected chi connectivity index (χ2v) is 7.04. The highest BCUT2D eigenvalue weighted by Crippen LogP contribution is 2.32. The molecule has 136 valence electrons. The fraction of sp³-hybridized carbons (Fsp3) is 0.0556. The van der Waals surface area contributed by atoms with E-state index in [1.54, 1.807) is 30.3 Å². The molecule has 0 fully saturated rings. The van der Waals surface area contributed by atoms with E-state index < -0.39 is 0 Å². The van der Waals surface area contributed by atoms with Gasteiger partial charge in [-0.05, 0) is 51.8 Å². The lowest BCUT2D eigenvalue weighted by Gasteiger charge is -2.11. The van der Waals surface area contributed by atoms with Crippen LogP contribution in [0.3, 0.4) is 0 Å². The van der Waals surface area contributed by atoms with Gasteiger partial charge in [-0.15, -0.1) is 0 Å². The zero-order valence-corrected chi connectivity index (χ0v) is 16.7. The lowest BCUT2D eigenvalue weighted by atomic mass is 10.2. The van der Waals surface area contributed by atoms with Gasteiger partial charge in [0, 0.05) is 11.6 Å². The molecule has 1 aromatic heterocycles. The predicted octanol–water partition coefficient (Wildman–Crippen LogP) is 5.07. The van der Waals surface area contributed by atoms with E-state index in [1.807, 2.05) is 6.07 Å². The Hall–Kier alpha value is -2.53. The number of ether oxygens (including phenoxy) is 1. The summed E-state index contributed by atoms with van der Waals surface area (Å²) in [5.74, 6) is 0.451. The number of carbonyl (C=O) groups excluding carboxylic acids is 1. The van der Waals surface area contributed by atoms with Crippen LogP contribution >= 0.6 is 39.1 Å². The fourth-order valence-electron chi connectivity index (χ4n) is 2.25. The van der Waals surface area contributed by atoms with Crippen LogP contribution in [0.1, 0.15) is 21.6 Å². The van der Waals surface area contributed by atoms with E-state index in [2.05, 4.69) is 31.2 Å². The highest BCUT2D eigenvalue weighted by molar-refractivity contribution is 9.10. The van der Waals surface area contributed by atoms with Crippen molar-refractivity contribution < 1.29 is 9.53 Å². The number of benzene rings is 2. The van der Waals surface area contributed by atoms with E-state index in [0.29, 0.717) is 31.7 Å². The van der Waals surface area contributed by atoms with E-state index in [1.165, 1.54) is 12.4 Å². The third-order valence-electron chi connectivity index (χ3n) is 3.48. The highest BCUT2D eigenvalue weighted by Gasteiger charge is 2.13. The Morgan fingerprint density at radius 1 is 1.30 bits per heavy atom. The van der Waals surface area contributed by atoms with Crippen molar-refractivity contribution in [3.63, 3.8) is 0 Å². The van der Waals surface area contributed by atoms with Crippen molar-refractivity contribution in [2.24, 2.45) is 0 Å². The van der Waals surface area contributed by atoms with Crippen LogP contribution in [0.15, 0.2) is 47.3 Å². The first-order valence-corrected chi connectivity index (χ1v) is 9.15. The largest absolute Gasteiger partial charge is 0.456 e. The third kappa shape index (κ3) is 4.80. The Balaban J connectivity index is 1.75. The van der Waals surface area contributed by atoms with E-state index >= 15 is 0 Å². The van der Waals surface area contributed by atoms with E-state index in [9.17, 15) is 4.79 Å². The number of carbonyl (C=O) groups is 1. The lowest BCUT2D eigenvalue weighted by Crippen LogP contribution is -2.23. The van der Waals surface area contributed by atoms with Crippen molar-refractivity contribution in [2.45, 2.75) is 6.54 Å². The van der Waals surface area contributed by atoms with Crippen molar-refractivity contribution in [1.82, 2.24) is 15.3 Å². The molecule has 0 radical (unpaired) electrons. The second-order valence-electron chi connectivity index (χ2n) is 5.40. The molecule has 0 aliphatic carbocycles. The summed E-state index contributed by atoms with van der Waals surface area (Å²) < 4.78 is 6.27. The van der Waals surface area contributed by atoms with E-state index in [-0.39, 0.29) is 18.1 Å². The molecule has 0 saturated heterocycles. The first kappa shape index (κ1) is 19.2. The molecule has 3 aromatic rings. The molecule has 0 saturated carbocycles. The minimum atomic E-state index is -0.325. The van der Waals surface area contributed by atoms with Crippen LogP contribution in [0.25, 0.3) is 0 Å². The molecule has 0 aliphatic rings. The number of aromatic amines is 1. The van der Waals surface area contributed by atoms with Gasteiger partial charge in [-0.2, -0.15) is 5.26 Å². The number of aromatic nitrogens is 2. The molecule has 0 aliphatic heterocycles. The van der Waals surface area contributed by atoms with Crippen LogP contribution in [-0.2, 0) is 6.54 Å².